The van der Waals surface area contributed by atoms with Crippen molar-refractivity contribution < 1.29 is 18.3 Å². The molecular formula is C19H26F2N2O2. The highest BCUT2D eigenvalue weighted by Crippen LogP contribution is 2.28. The van der Waals surface area contributed by atoms with Gasteiger partial charge in [-0.25, -0.2) is 8.78 Å². The maximum atomic E-state index is 14.5. The lowest BCUT2D eigenvalue weighted by molar-refractivity contribution is 0.0577. The first-order valence-corrected chi connectivity index (χ1v) is 9.17. The van der Waals surface area contributed by atoms with Gasteiger partial charge in [0, 0.05) is 19.1 Å². The molecule has 0 radical (unpaired) electrons. The summed E-state index contributed by atoms with van der Waals surface area (Å²) in [5, 5.41) is 0. The van der Waals surface area contributed by atoms with Crippen LogP contribution < -0.4 is 4.74 Å². The molecule has 0 N–H and O–H groups in total. The fourth-order valence-electron chi connectivity index (χ4n) is 3.94. The normalized spacial score (nSPS) is 21.6. The molecular weight excluding hydrogens is 326 g/mol. The van der Waals surface area contributed by atoms with Gasteiger partial charge >= 0.3 is 0 Å². The first kappa shape index (κ1) is 18.1. The summed E-state index contributed by atoms with van der Waals surface area (Å²) in [5.74, 6) is -2.39. The molecule has 0 aliphatic carbocycles. The summed E-state index contributed by atoms with van der Waals surface area (Å²) in [4.78, 5) is 17.0. The molecule has 138 valence electrons. The zero-order chi connectivity index (χ0) is 17.8. The third kappa shape index (κ3) is 3.94. The molecule has 1 aromatic rings. The molecule has 25 heavy (non-hydrogen) atoms. The Kier molecular flexibility index (Phi) is 5.89. The SMILES string of the molecule is COc1ccc(F)c(C(=O)N2CCCC[C@H]2CCN2CCCC2)c1F. The van der Waals surface area contributed by atoms with Crippen molar-refractivity contribution in [3.05, 3.63) is 29.3 Å². The monoisotopic (exact) mass is 352 g/mol. The van der Waals surface area contributed by atoms with Gasteiger partial charge in [0.15, 0.2) is 11.6 Å². The molecule has 1 aromatic carbocycles. The Balaban J connectivity index is 1.76. The summed E-state index contributed by atoms with van der Waals surface area (Å²) in [6, 6.07) is 2.35. The van der Waals surface area contributed by atoms with Crippen LogP contribution in [0.15, 0.2) is 12.1 Å². The van der Waals surface area contributed by atoms with Gasteiger partial charge in [0.25, 0.3) is 5.91 Å². The fraction of sp³-hybridized carbons (Fsp3) is 0.632. The summed E-state index contributed by atoms with van der Waals surface area (Å²) >= 11 is 0. The van der Waals surface area contributed by atoms with E-state index < -0.39 is 23.1 Å². The highest BCUT2D eigenvalue weighted by atomic mass is 19.1. The van der Waals surface area contributed by atoms with Crippen LogP contribution in [-0.4, -0.2) is 55.0 Å². The number of methoxy groups -OCH3 is 1. The zero-order valence-electron chi connectivity index (χ0n) is 14.8. The van der Waals surface area contributed by atoms with E-state index >= 15 is 0 Å². The Morgan fingerprint density at radius 1 is 1.16 bits per heavy atom. The van der Waals surface area contributed by atoms with Crippen LogP contribution in [0.2, 0.25) is 0 Å². The smallest absolute Gasteiger partial charge is 0.260 e. The van der Waals surface area contributed by atoms with Crippen LogP contribution in [0.4, 0.5) is 8.78 Å². The molecule has 1 atom stereocenters. The highest BCUT2D eigenvalue weighted by Gasteiger charge is 2.32. The molecule has 1 amide bonds. The van der Waals surface area contributed by atoms with Crippen molar-refractivity contribution in [3.8, 4) is 5.75 Å². The van der Waals surface area contributed by atoms with E-state index in [9.17, 15) is 13.6 Å². The van der Waals surface area contributed by atoms with Crippen LogP contribution in [0.3, 0.4) is 0 Å². The highest BCUT2D eigenvalue weighted by molar-refractivity contribution is 5.95. The van der Waals surface area contributed by atoms with Crippen LogP contribution in [0.1, 0.15) is 48.9 Å². The second-order valence-electron chi connectivity index (χ2n) is 6.92. The molecule has 2 saturated heterocycles. The number of nitrogens with zero attached hydrogens (tertiary/aromatic N) is 2. The number of hydrogen-bond donors (Lipinski definition) is 0. The Morgan fingerprint density at radius 3 is 2.60 bits per heavy atom. The number of halogens is 2. The number of carbonyl (C=O) groups is 1. The van der Waals surface area contributed by atoms with Crippen molar-refractivity contribution >= 4 is 5.91 Å². The lowest BCUT2D eigenvalue weighted by Gasteiger charge is -2.37. The molecule has 0 bridgehead atoms. The van der Waals surface area contributed by atoms with Crippen molar-refractivity contribution in [1.82, 2.24) is 9.80 Å². The minimum atomic E-state index is -0.906. The number of hydrogen-bond acceptors (Lipinski definition) is 3. The minimum absolute atomic E-state index is 0.0480. The van der Waals surface area contributed by atoms with Crippen LogP contribution in [-0.2, 0) is 0 Å². The third-order valence-corrected chi connectivity index (χ3v) is 5.35. The van der Waals surface area contributed by atoms with Gasteiger partial charge in [0.2, 0.25) is 0 Å². The number of carbonyl (C=O) groups excluding carboxylic acids is 1. The molecule has 2 aliphatic heterocycles. The topological polar surface area (TPSA) is 32.8 Å². The summed E-state index contributed by atoms with van der Waals surface area (Å²) in [6.45, 7) is 3.72. The van der Waals surface area contributed by atoms with E-state index in [-0.39, 0.29) is 11.8 Å². The Morgan fingerprint density at radius 2 is 1.88 bits per heavy atom. The quantitative estimate of drug-likeness (QED) is 0.814. The van der Waals surface area contributed by atoms with Crippen LogP contribution in [0, 0.1) is 11.6 Å². The first-order chi connectivity index (χ1) is 12.1. The molecule has 0 unspecified atom stereocenters. The minimum Gasteiger partial charge on any atom is -0.494 e. The molecule has 6 heteroatoms. The van der Waals surface area contributed by atoms with Gasteiger partial charge in [-0.3, -0.25) is 4.79 Å². The van der Waals surface area contributed by atoms with Gasteiger partial charge < -0.3 is 14.5 Å². The number of piperidine rings is 1. The molecule has 0 spiro atoms. The van der Waals surface area contributed by atoms with Crippen molar-refractivity contribution in [2.45, 2.75) is 44.6 Å². The number of ether oxygens (including phenoxy) is 1. The second-order valence-corrected chi connectivity index (χ2v) is 6.92. The summed E-state index contributed by atoms with van der Waals surface area (Å²) in [6.07, 6.45) is 6.14. The van der Waals surface area contributed by atoms with Gasteiger partial charge in [0.05, 0.1) is 7.11 Å². The summed E-state index contributed by atoms with van der Waals surface area (Å²) in [5.41, 5.74) is -0.493. The van der Waals surface area contributed by atoms with Gasteiger partial charge in [-0.1, -0.05) is 0 Å². The van der Waals surface area contributed by atoms with Gasteiger partial charge in [-0.15, -0.1) is 0 Å². The number of benzene rings is 1. The molecule has 0 aromatic heterocycles. The van der Waals surface area contributed by atoms with Gasteiger partial charge in [0.1, 0.15) is 11.4 Å². The predicted molar refractivity (Wildman–Crippen MR) is 91.9 cm³/mol. The molecule has 0 saturated carbocycles. The van der Waals surface area contributed by atoms with E-state index in [0.717, 1.165) is 51.4 Å². The third-order valence-electron chi connectivity index (χ3n) is 5.35. The zero-order valence-corrected chi connectivity index (χ0v) is 14.8. The first-order valence-electron chi connectivity index (χ1n) is 9.17. The maximum Gasteiger partial charge on any atom is 0.260 e. The van der Waals surface area contributed by atoms with Crippen LogP contribution in [0.25, 0.3) is 0 Å². The van der Waals surface area contributed by atoms with E-state index in [2.05, 4.69) is 4.90 Å². The van der Waals surface area contributed by atoms with E-state index in [1.165, 1.54) is 26.0 Å². The molecule has 3 rings (SSSR count). The standard InChI is InChI=1S/C19H26F2N2O2/c1-25-16-8-7-15(20)17(18(16)21)19(24)23-12-3-2-6-14(23)9-13-22-10-4-5-11-22/h7-8,14H,2-6,9-13H2,1H3/t14-/m0/s1. The summed E-state index contributed by atoms with van der Waals surface area (Å²) < 4.78 is 33.6. The van der Waals surface area contributed by atoms with Crippen LogP contribution in [0.5, 0.6) is 5.75 Å². The number of amides is 1. The average molecular weight is 352 g/mol. The Bertz CT molecular complexity index is 618. The molecule has 2 fully saturated rings. The van der Waals surface area contributed by atoms with Crippen molar-refractivity contribution in [2.75, 3.05) is 33.3 Å². The summed E-state index contributed by atoms with van der Waals surface area (Å²) in [7, 11) is 1.31. The van der Waals surface area contributed by atoms with Crippen molar-refractivity contribution in [2.24, 2.45) is 0 Å². The lowest BCUT2D eigenvalue weighted by Crippen LogP contribution is -2.45. The van der Waals surface area contributed by atoms with Crippen molar-refractivity contribution in [3.63, 3.8) is 0 Å². The fourth-order valence-corrected chi connectivity index (χ4v) is 3.94. The van der Waals surface area contributed by atoms with Crippen LogP contribution >= 0.6 is 0 Å². The van der Waals surface area contributed by atoms with E-state index in [1.54, 1.807) is 4.90 Å². The van der Waals surface area contributed by atoms with E-state index in [1.807, 2.05) is 0 Å². The van der Waals surface area contributed by atoms with E-state index in [4.69, 9.17) is 4.74 Å². The predicted octanol–water partition coefficient (Wildman–Crippen LogP) is 3.45. The maximum absolute atomic E-state index is 14.5. The van der Waals surface area contributed by atoms with Gasteiger partial charge in [-0.2, -0.15) is 0 Å². The van der Waals surface area contributed by atoms with Gasteiger partial charge in [-0.05, 0) is 63.7 Å². The average Bonchev–Trinajstić information content (AvgIpc) is 3.14. The molecule has 2 aliphatic rings. The number of rotatable bonds is 5. The Hall–Kier alpha value is -1.69. The van der Waals surface area contributed by atoms with Crippen molar-refractivity contribution in [1.29, 1.82) is 0 Å². The molecule has 2 heterocycles. The molecule has 4 nitrogen and oxygen atoms in total. The van der Waals surface area contributed by atoms with E-state index in [0.29, 0.717) is 6.54 Å². The Labute approximate surface area is 147 Å². The second kappa shape index (κ2) is 8.13. The largest absolute Gasteiger partial charge is 0.494 e. The lowest BCUT2D eigenvalue weighted by atomic mass is 9.97. The number of likely N-dealkylation sites (tertiary alicyclic amines) is 2.